The number of piperazine rings is 1. The van der Waals surface area contributed by atoms with Crippen molar-refractivity contribution in [3.8, 4) is 0 Å². The van der Waals surface area contributed by atoms with E-state index in [9.17, 15) is 0 Å². The van der Waals surface area contributed by atoms with Crippen LogP contribution in [0.3, 0.4) is 0 Å². The van der Waals surface area contributed by atoms with Gasteiger partial charge < -0.3 is 9.80 Å². The van der Waals surface area contributed by atoms with Crippen LogP contribution in [0.15, 0.2) is 42.9 Å². The smallest absolute Gasteiger partial charge is 0.151 e. The molecular weight excluding hydrogens is 324 g/mol. The third-order valence-corrected chi connectivity index (χ3v) is 4.88. The Morgan fingerprint density at radius 1 is 0.885 bits per heavy atom. The van der Waals surface area contributed by atoms with E-state index in [1.54, 1.807) is 6.33 Å². The molecule has 0 N–H and O–H groups in total. The van der Waals surface area contributed by atoms with Gasteiger partial charge in [-0.25, -0.2) is 9.97 Å². The third-order valence-electron chi connectivity index (χ3n) is 4.88. The molecule has 1 fully saturated rings. The summed E-state index contributed by atoms with van der Waals surface area (Å²) < 4.78 is 0. The van der Waals surface area contributed by atoms with Crippen LogP contribution in [-0.2, 0) is 5.41 Å². The van der Waals surface area contributed by atoms with Crippen molar-refractivity contribution >= 4 is 22.4 Å². The van der Waals surface area contributed by atoms with E-state index in [1.165, 1.54) is 5.69 Å². The van der Waals surface area contributed by atoms with Crippen LogP contribution in [0, 0.1) is 0 Å². The molecule has 1 aromatic carbocycles. The predicted octanol–water partition coefficient (Wildman–Crippen LogP) is 3.04. The molecule has 0 amide bonds. The third kappa shape index (κ3) is 3.31. The lowest BCUT2D eigenvalue weighted by molar-refractivity contribution is 0.556. The van der Waals surface area contributed by atoms with Gasteiger partial charge in [-0.1, -0.05) is 20.8 Å². The molecule has 0 saturated carbocycles. The van der Waals surface area contributed by atoms with Crippen LogP contribution in [0.25, 0.3) is 10.9 Å². The normalized spacial score (nSPS) is 15.5. The van der Waals surface area contributed by atoms with Crippen molar-refractivity contribution in [2.24, 2.45) is 0 Å². The molecule has 3 aromatic rings. The standard InChI is InChI=1S/C20H24N6/c1-20(2,3)18-6-7-19(24-23-18)26-10-8-25(9-11-26)16-4-5-17-15(12-16)13-21-14-22-17/h4-7,12-14H,8-11H2,1-3H3. The summed E-state index contributed by atoms with van der Waals surface area (Å²) in [5, 5.41) is 9.95. The largest absolute Gasteiger partial charge is 0.368 e. The monoisotopic (exact) mass is 348 g/mol. The molecule has 1 saturated heterocycles. The molecule has 0 aliphatic carbocycles. The van der Waals surface area contributed by atoms with Gasteiger partial charge in [-0.05, 0) is 30.3 Å². The van der Waals surface area contributed by atoms with E-state index in [0.717, 1.165) is 48.6 Å². The average Bonchev–Trinajstić information content (AvgIpc) is 2.67. The van der Waals surface area contributed by atoms with Gasteiger partial charge in [0.2, 0.25) is 0 Å². The van der Waals surface area contributed by atoms with Crippen molar-refractivity contribution in [3.05, 3.63) is 48.5 Å². The number of benzene rings is 1. The highest BCUT2D eigenvalue weighted by molar-refractivity contribution is 5.81. The fourth-order valence-corrected chi connectivity index (χ4v) is 3.26. The molecule has 0 unspecified atom stereocenters. The summed E-state index contributed by atoms with van der Waals surface area (Å²) in [7, 11) is 0. The maximum atomic E-state index is 4.45. The van der Waals surface area contributed by atoms with E-state index in [-0.39, 0.29) is 5.41 Å². The fourth-order valence-electron chi connectivity index (χ4n) is 3.26. The summed E-state index contributed by atoms with van der Waals surface area (Å²) in [5.74, 6) is 0.963. The van der Waals surface area contributed by atoms with Gasteiger partial charge in [0.05, 0.1) is 11.2 Å². The first-order valence-corrected chi connectivity index (χ1v) is 9.04. The van der Waals surface area contributed by atoms with Crippen molar-refractivity contribution in [2.45, 2.75) is 26.2 Å². The average molecular weight is 348 g/mol. The SMILES string of the molecule is CC(C)(C)c1ccc(N2CCN(c3ccc4ncncc4c3)CC2)nn1. The second-order valence-corrected chi connectivity index (χ2v) is 7.77. The summed E-state index contributed by atoms with van der Waals surface area (Å²) in [6.07, 6.45) is 3.46. The van der Waals surface area contributed by atoms with Crippen molar-refractivity contribution < 1.29 is 0 Å². The molecule has 0 bridgehead atoms. The van der Waals surface area contributed by atoms with Crippen molar-refractivity contribution in [3.63, 3.8) is 0 Å². The van der Waals surface area contributed by atoms with Gasteiger partial charge in [-0.2, -0.15) is 5.10 Å². The quantitative estimate of drug-likeness (QED) is 0.709. The van der Waals surface area contributed by atoms with Crippen LogP contribution >= 0.6 is 0 Å². The highest BCUT2D eigenvalue weighted by Gasteiger charge is 2.21. The molecule has 6 nitrogen and oxygen atoms in total. The lowest BCUT2D eigenvalue weighted by Crippen LogP contribution is -2.47. The number of hydrogen-bond donors (Lipinski definition) is 0. The molecule has 3 heterocycles. The Bertz CT molecular complexity index is 892. The number of rotatable bonds is 2. The topological polar surface area (TPSA) is 58.0 Å². The fraction of sp³-hybridized carbons (Fsp3) is 0.400. The Kier molecular flexibility index (Phi) is 4.18. The van der Waals surface area contributed by atoms with E-state index in [1.807, 2.05) is 6.20 Å². The summed E-state index contributed by atoms with van der Waals surface area (Å²) in [6.45, 7) is 10.3. The summed E-state index contributed by atoms with van der Waals surface area (Å²) in [5.41, 5.74) is 3.26. The van der Waals surface area contributed by atoms with Crippen LogP contribution in [0.2, 0.25) is 0 Å². The minimum Gasteiger partial charge on any atom is -0.368 e. The Balaban J connectivity index is 1.45. The molecule has 0 atom stereocenters. The van der Waals surface area contributed by atoms with Crippen LogP contribution in [-0.4, -0.2) is 46.3 Å². The lowest BCUT2D eigenvalue weighted by atomic mass is 9.92. The number of nitrogens with zero attached hydrogens (tertiary/aromatic N) is 6. The van der Waals surface area contributed by atoms with Gasteiger partial charge in [0, 0.05) is 48.9 Å². The molecular formula is C20H24N6. The maximum absolute atomic E-state index is 4.45. The number of aromatic nitrogens is 4. The van der Waals surface area contributed by atoms with Crippen LogP contribution in [0.4, 0.5) is 11.5 Å². The first-order chi connectivity index (χ1) is 12.5. The van der Waals surface area contributed by atoms with E-state index in [4.69, 9.17) is 0 Å². The van der Waals surface area contributed by atoms with E-state index in [0.29, 0.717) is 0 Å². The van der Waals surface area contributed by atoms with Crippen molar-refractivity contribution in [2.75, 3.05) is 36.0 Å². The van der Waals surface area contributed by atoms with Gasteiger partial charge in [-0.15, -0.1) is 5.10 Å². The predicted molar refractivity (Wildman–Crippen MR) is 105 cm³/mol. The molecule has 4 rings (SSSR count). The maximum Gasteiger partial charge on any atom is 0.151 e. The zero-order valence-corrected chi connectivity index (χ0v) is 15.6. The molecule has 6 heteroatoms. The number of anilines is 2. The van der Waals surface area contributed by atoms with Crippen LogP contribution in [0.1, 0.15) is 26.5 Å². The second kappa shape index (κ2) is 6.52. The van der Waals surface area contributed by atoms with Crippen LogP contribution < -0.4 is 9.80 Å². The molecule has 2 aromatic heterocycles. The molecule has 26 heavy (non-hydrogen) atoms. The van der Waals surface area contributed by atoms with E-state index in [2.05, 4.69) is 81.1 Å². The Morgan fingerprint density at radius 2 is 1.65 bits per heavy atom. The van der Waals surface area contributed by atoms with Gasteiger partial charge in [0.15, 0.2) is 5.82 Å². The van der Waals surface area contributed by atoms with Crippen molar-refractivity contribution in [1.82, 2.24) is 20.2 Å². The highest BCUT2D eigenvalue weighted by Crippen LogP contribution is 2.24. The van der Waals surface area contributed by atoms with Gasteiger partial charge >= 0.3 is 0 Å². The molecule has 0 radical (unpaired) electrons. The summed E-state index contributed by atoms with van der Waals surface area (Å²) >= 11 is 0. The van der Waals surface area contributed by atoms with Crippen molar-refractivity contribution in [1.29, 1.82) is 0 Å². The van der Waals surface area contributed by atoms with E-state index >= 15 is 0 Å². The van der Waals surface area contributed by atoms with E-state index < -0.39 is 0 Å². The highest BCUT2D eigenvalue weighted by atomic mass is 15.3. The number of hydrogen-bond acceptors (Lipinski definition) is 6. The second-order valence-electron chi connectivity index (χ2n) is 7.77. The van der Waals surface area contributed by atoms with Gasteiger partial charge in [0.1, 0.15) is 6.33 Å². The summed E-state index contributed by atoms with van der Waals surface area (Å²) in [6, 6.07) is 10.6. The molecule has 1 aliphatic heterocycles. The first-order valence-electron chi connectivity index (χ1n) is 9.04. The zero-order chi connectivity index (χ0) is 18.1. The Morgan fingerprint density at radius 3 is 2.35 bits per heavy atom. The first kappa shape index (κ1) is 16.7. The van der Waals surface area contributed by atoms with Gasteiger partial charge in [0.25, 0.3) is 0 Å². The molecule has 134 valence electrons. The summed E-state index contributed by atoms with van der Waals surface area (Å²) in [4.78, 5) is 13.1. The zero-order valence-electron chi connectivity index (χ0n) is 15.6. The minimum atomic E-state index is 0.0318. The van der Waals surface area contributed by atoms with Crippen LogP contribution in [0.5, 0.6) is 0 Å². The Hall–Kier alpha value is -2.76. The molecule has 1 aliphatic rings. The lowest BCUT2D eigenvalue weighted by Gasteiger charge is -2.36. The van der Waals surface area contributed by atoms with Gasteiger partial charge in [-0.3, -0.25) is 0 Å². The Labute approximate surface area is 153 Å². The number of fused-ring (bicyclic) bond motifs is 1. The molecule has 0 spiro atoms. The minimum absolute atomic E-state index is 0.0318.